The summed E-state index contributed by atoms with van der Waals surface area (Å²) >= 11 is 0. The van der Waals surface area contributed by atoms with Crippen molar-refractivity contribution in [2.75, 3.05) is 0 Å². The lowest BCUT2D eigenvalue weighted by Crippen LogP contribution is -2.25. The topological polar surface area (TPSA) is 73.4 Å². The summed E-state index contributed by atoms with van der Waals surface area (Å²) in [5, 5.41) is 18.8. The fourth-order valence-electron chi connectivity index (χ4n) is 8.42. The van der Waals surface area contributed by atoms with Gasteiger partial charge in [0.1, 0.15) is 0 Å². The molecule has 1 spiro atoms. The molecular formula is C49H28N4. The molecule has 0 unspecified atom stereocenters. The number of hydrogen-bond acceptors (Lipinski definition) is 4. The molecule has 53 heavy (non-hydrogen) atoms. The zero-order valence-electron chi connectivity index (χ0n) is 28.5. The van der Waals surface area contributed by atoms with Crippen LogP contribution in [0.1, 0.15) is 33.4 Å². The number of fused-ring (bicyclic) bond motifs is 10. The highest BCUT2D eigenvalue weighted by molar-refractivity contribution is 5.96. The summed E-state index contributed by atoms with van der Waals surface area (Å²) in [7, 11) is 0. The van der Waals surface area contributed by atoms with Crippen molar-refractivity contribution in [3.8, 4) is 79.4 Å². The van der Waals surface area contributed by atoms with Crippen LogP contribution in [-0.4, -0.2) is 9.97 Å². The van der Waals surface area contributed by atoms with Crippen molar-refractivity contribution in [3.63, 3.8) is 0 Å². The van der Waals surface area contributed by atoms with Gasteiger partial charge in [0, 0.05) is 16.7 Å². The SMILES string of the molecule is N#Cc1ccc(-c2cc(-c3ccc(C#N)cc3)nc(-c3cccc(-c4ccc5c(c4)C4(c6ccccc6-c6ccccc64)c4ccccc4-5)c3)n2)cc1. The zero-order valence-corrected chi connectivity index (χ0v) is 28.5. The Balaban J connectivity index is 1.13. The van der Waals surface area contributed by atoms with E-state index in [0.29, 0.717) is 17.0 Å². The molecule has 2 aliphatic rings. The van der Waals surface area contributed by atoms with Crippen molar-refractivity contribution in [1.29, 1.82) is 10.5 Å². The highest BCUT2D eigenvalue weighted by atomic mass is 14.9. The van der Waals surface area contributed by atoms with E-state index in [9.17, 15) is 10.5 Å². The zero-order chi connectivity index (χ0) is 35.5. The van der Waals surface area contributed by atoms with Crippen LogP contribution in [0.4, 0.5) is 0 Å². The average molecular weight is 673 g/mol. The summed E-state index contributed by atoms with van der Waals surface area (Å²) in [5.41, 5.74) is 17.5. The predicted octanol–water partition coefficient (Wildman–Crippen LogP) is 11.2. The molecule has 0 aliphatic heterocycles. The summed E-state index contributed by atoms with van der Waals surface area (Å²) in [6, 6.07) is 63.2. The van der Waals surface area contributed by atoms with Gasteiger partial charge in [0.05, 0.1) is 40.1 Å². The molecule has 244 valence electrons. The van der Waals surface area contributed by atoms with Gasteiger partial charge in [-0.05, 0) is 98.1 Å². The van der Waals surface area contributed by atoms with Gasteiger partial charge in [0.25, 0.3) is 0 Å². The van der Waals surface area contributed by atoms with E-state index >= 15 is 0 Å². The molecule has 4 heteroatoms. The van der Waals surface area contributed by atoms with Gasteiger partial charge >= 0.3 is 0 Å². The van der Waals surface area contributed by atoms with Crippen molar-refractivity contribution in [3.05, 3.63) is 203 Å². The maximum absolute atomic E-state index is 9.39. The van der Waals surface area contributed by atoms with Gasteiger partial charge in [-0.2, -0.15) is 10.5 Å². The fourth-order valence-corrected chi connectivity index (χ4v) is 8.42. The van der Waals surface area contributed by atoms with Crippen LogP contribution in [0.2, 0.25) is 0 Å². The predicted molar refractivity (Wildman–Crippen MR) is 210 cm³/mol. The molecule has 0 radical (unpaired) electrons. The Kier molecular flexibility index (Phi) is 6.80. The van der Waals surface area contributed by atoms with Crippen LogP contribution in [0, 0.1) is 22.7 Å². The highest BCUT2D eigenvalue weighted by Crippen LogP contribution is 2.63. The van der Waals surface area contributed by atoms with Crippen molar-refractivity contribution in [1.82, 2.24) is 9.97 Å². The lowest BCUT2D eigenvalue weighted by molar-refractivity contribution is 0.794. The van der Waals surface area contributed by atoms with E-state index in [2.05, 4.69) is 127 Å². The molecule has 0 saturated carbocycles. The molecule has 0 N–H and O–H groups in total. The molecule has 0 saturated heterocycles. The second-order valence-corrected chi connectivity index (χ2v) is 13.6. The molecule has 0 fully saturated rings. The summed E-state index contributed by atoms with van der Waals surface area (Å²) in [6.45, 7) is 0. The summed E-state index contributed by atoms with van der Waals surface area (Å²) < 4.78 is 0. The minimum Gasteiger partial charge on any atom is -0.228 e. The Bertz CT molecular complexity index is 2710. The third-order valence-corrected chi connectivity index (χ3v) is 10.8. The fraction of sp³-hybridized carbons (Fsp3) is 0.0204. The van der Waals surface area contributed by atoms with Crippen LogP contribution in [0.25, 0.3) is 67.3 Å². The van der Waals surface area contributed by atoms with E-state index < -0.39 is 5.41 Å². The molecule has 0 amide bonds. The van der Waals surface area contributed by atoms with Gasteiger partial charge in [-0.1, -0.05) is 127 Å². The molecule has 8 aromatic rings. The second kappa shape index (κ2) is 11.8. The van der Waals surface area contributed by atoms with E-state index in [-0.39, 0.29) is 0 Å². The number of hydrogen-bond donors (Lipinski definition) is 0. The van der Waals surface area contributed by atoms with Crippen LogP contribution >= 0.6 is 0 Å². The van der Waals surface area contributed by atoms with E-state index in [1.807, 2.05) is 30.3 Å². The molecular weight excluding hydrogens is 645 g/mol. The third kappa shape index (κ3) is 4.60. The van der Waals surface area contributed by atoms with Crippen LogP contribution in [0.5, 0.6) is 0 Å². The van der Waals surface area contributed by atoms with Gasteiger partial charge in [-0.3, -0.25) is 0 Å². The summed E-state index contributed by atoms with van der Waals surface area (Å²) in [4.78, 5) is 10.1. The van der Waals surface area contributed by atoms with Crippen molar-refractivity contribution >= 4 is 0 Å². The average Bonchev–Trinajstić information content (AvgIpc) is 3.71. The summed E-state index contributed by atoms with van der Waals surface area (Å²) in [6.07, 6.45) is 0. The Morgan fingerprint density at radius 2 is 0.792 bits per heavy atom. The highest BCUT2D eigenvalue weighted by Gasteiger charge is 2.51. The van der Waals surface area contributed by atoms with Crippen molar-refractivity contribution in [2.45, 2.75) is 5.41 Å². The van der Waals surface area contributed by atoms with Gasteiger partial charge in [-0.15, -0.1) is 0 Å². The smallest absolute Gasteiger partial charge is 0.160 e. The van der Waals surface area contributed by atoms with Crippen LogP contribution < -0.4 is 0 Å². The molecule has 7 aromatic carbocycles. The Hall–Kier alpha value is -7.40. The first-order valence-electron chi connectivity index (χ1n) is 17.6. The van der Waals surface area contributed by atoms with Gasteiger partial charge < -0.3 is 0 Å². The van der Waals surface area contributed by atoms with Crippen molar-refractivity contribution < 1.29 is 0 Å². The molecule has 2 aliphatic carbocycles. The number of nitrogens with zero attached hydrogens (tertiary/aromatic N) is 4. The number of nitriles is 2. The molecule has 0 bridgehead atoms. The second-order valence-electron chi connectivity index (χ2n) is 13.6. The van der Waals surface area contributed by atoms with Crippen molar-refractivity contribution in [2.24, 2.45) is 0 Å². The molecule has 4 nitrogen and oxygen atoms in total. The monoisotopic (exact) mass is 672 g/mol. The van der Waals surface area contributed by atoms with Crippen LogP contribution in [0.3, 0.4) is 0 Å². The quantitative estimate of drug-likeness (QED) is 0.186. The van der Waals surface area contributed by atoms with Gasteiger partial charge in [0.15, 0.2) is 5.82 Å². The standard InChI is InChI=1S/C49H28N4/c50-29-31-16-20-33(21-17-31)46-28-47(34-22-18-32(30-51)19-23-34)53-48(52-46)37-9-7-8-35(26-37)36-24-25-41-40-12-3-6-15-44(40)49(45(41)27-36)42-13-4-1-10-38(42)39-11-2-5-14-43(39)49/h1-28H. The minimum atomic E-state index is -0.415. The summed E-state index contributed by atoms with van der Waals surface area (Å²) in [5.74, 6) is 0.594. The number of rotatable bonds is 4. The van der Waals surface area contributed by atoms with E-state index in [4.69, 9.17) is 9.97 Å². The van der Waals surface area contributed by atoms with Gasteiger partial charge in [-0.25, -0.2) is 9.97 Å². The first-order valence-corrected chi connectivity index (χ1v) is 17.6. The molecule has 1 aromatic heterocycles. The largest absolute Gasteiger partial charge is 0.228 e. The van der Waals surface area contributed by atoms with E-state index in [1.165, 1.54) is 44.5 Å². The minimum absolute atomic E-state index is 0.415. The Labute approximate surface area is 307 Å². The maximum Gasteiger partial charge on any atom is 0.160 e. The van der Waals surface area contributed by atoms with Crippen LogP contribution in [0.15, 0.2) is 170 Å². The first kappa shape index (κ1) is 30.4. The maximum atomic E-state index is 9.39. The Morgan fingerprint density at radius 1 is 0.358 bits per heavy atom. The van der Waals surface area contributed by atoms with Gasteiger partial charge in [0.2, 0.25) is 0 Å². The van der Waals surface area contributed by atoms with E-state index in [0.717, 1.165) is 39.2 Å². The molecule has 1 heterocycles. The van der Waals surface area contributed by atoms with Crippen LogP contribution in [-0.2, 0) is 5.41 Å². The normalized spacial score (nSPS) is 12.6. The first-order chi connectivity index (χ1) is 26.1. The third-order valence-electron chi connectivity index (χ3n) is 10.8. The lowest BCUT2D eigenvalue weighted by atomic mass is 9.70. The van der Waals surface area contributed by atoms with E-state index in [1.54, 1.807) is 24.3 Å². The molecule has 0 atom stereocenters. The lowest BCUT2D eigenvalue weighted by Gasteiger charge is -2.30. The number of benzene rings is 7. The Morgan fingerprint density at radius 3 is 1.30 bits per heavy atom. The molecule has 10 rings (SSSR count). The number of aromatic nitrogens is 2.